The van der Waals surface area contributed by atoms with Gasteiger partial charge in [0, 0.05) is 32.9 Å². The van der Waals surface area contributed by atoms with E-state index >= 15 is 0 Å². The predicted molar refractivity (Wildman–Crippen MR) is 68.3 cm³/mol. The highest BCUT2D eigenvalue weighted by molar-refractivity contribution is 6.31. The molecule has 1 rings (SSSR count). The van der Waals surface area contributed by atoms with Crippen LogP contribution in [0.5, 0.6) is 0 Å². The number of carbonyl (C=O) groups is 1. The molecule has 0 fully saturated rings. The molecule has 6 heteroatoms. The minimum absolute atomic E-state index is 0. The first-order chi connectivity index (χ1) is 6.97. The van der Waals surface area contributed by atoms with Crippen molar-refractivity contribution >= 4 is 29.9 Å². The minimum Gasteiger partial charge on any atom is -0.345 e. The monoisotopic (exact) mass is 265 g/mol. The van der Waals surface area contributed by atoms with Crippen LogP contribution < -0.4 is 5.73 Å². The van der Waals surface area contributed by atoms with Gasteiger partial charge in [0.15, 0.2) is 0 Å². The molecule has 1 atom stereocenters. The number of hydrogen-bond donors (Lipinski definition) is 1. The Balaban J connectivity index is 0.00000225. The molecule has 0 aliphatic carbocycles. The second kappa shape index (κ2) is 6.13. The van der Waals surface area contributed by atoms with Gasteiger partial charge in [0.1, 0.15) is 5.69 Å². The molecule has 1 heterocycles. The van der Waals surface area contributed by atoms with Crippen molar-refractivity contribution in [3.63, 3.8) is 0 Å². The first kappa shape index (κ1) is 15.3. The molecule has 0 aliphatic rings. The summed E-state index contributed by atoms with van der Waals surface area (Å²) in [7, 11) is 3.53. The number of nitrogens with two attached hydrogens (primary N) is 1. The maximum absolute atomic E-state index is 12.0. The lowest BCUT2D eigenvalue weighted by Gasteiger charge is -2.23. The van der Waals surface area contributed by atoms with Crippen LogP contribution in [0.2, 0.25) is 5.02 Å². The molecule has 1 aromatic rings. The van der Waals surface area contributed by atoms with Crippen LogP contribution in [0, 0.1) is 0 Å². The number of aromatic nitrogens is 1. The average Bonchev–Trinajstić information content (AvgIpc) is 2.54. The van der Waals surface area contributed by atoms with Gasteiger partial charge in [-0.05, 0) is 13.0 Å². The van der Waals surface area contributed by atoms with Crippen molar-refractivity contribution in [1.29, 1.82) is 0 Å². The summed E-state index contributed by atoms with van der Waals surface area (Å²) in [5.74, 6) is -0.0673. The summed E-state index contributed by atoms with van der Waals surface area (Å²) in [6.45, 7) is 2.35. The molecule has 92 valence electrons. The number of likely N-dealkylation sites (N-methyl/N-ethyl adjacent to an activating group) is 1. The van der Waals surface area contributed by atoms with E-state index in [4.69, 9.17) is 17.3 Å². The average molecular weight is 266 g/mol. The molecular weight excluding hydrogens is 249 g/mol. The molecule has 0 saturated heterocycles. The van der Waals surface area contributed by atoms with Crippen LogP contribution in [-0.4, -0.2) is 35.0 Å². The molecule has 1 amide bonds. The van der Waals surface area contributed by atoms with Gasteiger partial charge in [0.25, 0.3) is 5.91 Å². The van der Waals surface area contributed by atoms with Gasteiger partial charge in [0.2, 0.25) is 0 Å². The van der Waals surface area contributed by atoms with Gasteiger partial charge >= 0.3 is 0 Å². The SMILES string of the molecule is CC(CN)N(C)C(=O)c1cc(Cl)cn1C.Cl. The Labute approximate surface area is 107 Å². The van der Waals surface area contributed by atoms with Gasteiger partial charge in [-0.25, -0.2) is 0 Å². The number of amides is 1. The van der Waals surface area contributed by atoms with Crippen LogP contribution in [0.4, 0.5) is 0 Å². The molecule has 1 aromatic heterocycles. The van der Waals surface area contributed by atoms with Crippen LogP contribution >= 0.6 is 24.0 Å². The Morgan fingerprint density at radius 1 is 1.69 bits per heavy atom. The molecule has 1 unspecified atom stereocenters. The Morgan fingerprint density at radius 3 is 2.62 bits per heavy atom. The summed E-state index contributed by atoms with van der Waals surface area (Å²) in [6.07, 6.45) is 1.70. The first-order valence-electron chi connectivity index (χ1n) is 4.76. The van der Waals surface area contributed by atoms with Gasteiger partial charge < -0.3 is 15.2 Å². The second-order valence-electron chi connectivity index (χ2n) is 3.66. The molecule has 16 heavy (non-hydrogen) atoms. The number of carbonyl (C=O) groups excluding carboxylic acids is 1. The summed E-state index contributed by atoms with van der Waals surface area (Å²) in [6, 6.07) is 1.68. The van der Waals surface area contributed by atoms with Crippen LogP contribution in [-0.2, 0) is 7.05 Å². The predicted octanol–water partition coefficient (Wildman–Crippen LogP) is 1.52. The van der Waals surface area contributed by atoms with E-state index in [9.17, 15) is 4.79 Å². The third-order valence-electron chi connectivity index (χ3n) is 2.51. The lowest BCUT2D eigenvalue weighted by Crippen LogP contribution is -2.40. The Bertz CT molecular complexity index is 365. The summed E-state index contributed by atoms with van der Waals surface area (Å²) >= 11 is 5.81. The van der Waals surface area contributed by atoms with Crippen molar-refractivity contribution in [1.82, 2.24) is 9.47 Å². The highest BCUT2D eigenvalue weighted by atomic mass is 35.5. The largest absolute Gasteiger partial charge is 0.345 e. The molecule has 4 nitrogen and oxygen atoms in total. The van der Waals surface area contributed by atoms with Gasteiger partial charge in [-0.15, -0.1) is 12.4 Å². The number of nitrogens with zero attached hydrogens (tertiary/aromatic N) is 2. The Hall–Kier alpha value is -0.710. The quantitative estimate of drug-likeness (QED) is 0.901. The fourth-order valence-corrected chi connectivity index (χ4v) is 1.53. The smallest absolute Gasteiger partial charge is 0.270 e. The standard InChI is InChI=1S/C10H16ClN3O.ClH/c1-7(5-12)14(3)10(15)9-4-8(11)6-13(9)2;/h4,6-7H,5,12H2,1-3H3;1H. The van der Waals surface area contributed by atoms with Crippen molar-refractivity contribution in [2.75, 3.05) is 13.6 Å². The third kappa shape index (κ3) is 3.14. The zero-order valence-corrected chi connectivity index (χ0v) is 11.2. The van der Waals surface area contributed by atoms with Crippen molar-refractivity contribution < 1.29 is 4.79 Å². The van der Waals surface area contributed by atoms with E-state index in [0.29, 0.717) is 17.3 Å². The molecule has 0 aromatic carbocycles. The van der Waals surface area contributed by atoms with E-state index in [0.717, 1.165) is 0 Å². The van der Waals surface area contributed by atoms with Gasteiger partial charge in [-0.2, -0.15) is 0 Å². The highest BCUT2D eigenvalue weighted by Crippen LogP contribution is 2.14. The van der Waals surface area contributed by atoms with E-state index in [-0.39, 0.29) is 24.4 Å². The lowest BCUT2D eigenvalue weighted by molar-refractivity contribution is 0.0739. The fraction of sp³-hybridized carbons (Fsp3) is 0.500. The van der Waals surface area contributed by atoms with E-state index in [1.807, 2.05) is 6.92 Å². The maximum Gasteiger partial charge on any atom is 0.270 e. The molecule has 0 aliphatic heterocycles. The minimum atomic E-state index is -0.0673. The number of hydrogen-bond acceptors (Lipinski definition) is 2. The summed E-state index contributed by atoms with van der Waals surface area (Å²) in [4.78, 5) is 13.6. The second-order valence-corrected chi connectivity index (χ2v) is 4.09. The topological polar surface area (TPSA) is 51.3 Å². The molecule has 0 radical (unpaired) electrons. The molecule has 0 saturated carbocycles. The van der Waals surface area contributed by atoms with Crippen LogP contribution in [0.15, 0.2) is 12.3 Å². The fourth-order valence-electron chi connectivity index (χ4n) is 1.28. The number of aryl methyl sites for hydroxylation is 1. The summed E-state index contributed by atoms with van der Waals surface area (Å²) in [5.41, 5.74) is 6.08. The van der Waals surface area contributed by atoms with Crippen LogP contribution in [0.3, 0.4) is 0 Å². The summed E-state index contributed by atoms with van der Waals surface area (Å²) < 4.78 is 1.71. The van der Waals surface area contributed by atoms with Crippen molar-refractivity contribution in [3.8, 4) is 0 Å². The zero-order chi connectivity index (χ0) is 11.6. The molecule has 0 bridgehead atoms. The summed E-state index contributed by atoms with van der Waals surface area (Å²) in [5, 5.41) is 0.564. The zero-order valence-electron chi connectivity index (χ0n) is 9.61. The van der Waals surface area contributed by atoms with Gasteiger partial charge in [-0.1, -0.05) is 11.6 Å². The van der Waals surface area contributed by atoms with E-state index in [1.165, 1.54) is 0 Å². The van der Waals surface area contributed by atoms with E-state index < -0.39 is 0 Å². The highest BCUT2D eigenvalue weighted by Gasteiger charge is 2.19. The number of halogens is 2. The molecule has 2 N–H and O–H groups in total. The third-order valence-corrected chi connectivity index (χ3v) is 2.72. The molecular formula is C10H17Cl2N3O. The van der Waals surface area contributed by atoms with E-state index in [2.05, 4.69) is 0 Å². The first-order valence-corrected chi connectivity index (χ1v) is 5.14. The maximum atomic E-state index is 12.0. The van der Waals surface area contributed by atoms with E-state index in [1.54, 1.807) is 35.8 Å². The number of rotatable bonds is 3. The molecule has 0 spiro atoms. The van der Waals surface area contributed by atoms with Crippen LogP contribution in [0.1, 0.15) is 17.4 Å². The Morgan fingerprint density at radius 2 is 2.25 bits per heavy atom. The van der Waals surface area contributed by atoms with Gasteiger partial charge in [-0.3, -0.25) is 4.79 Å². The van der Waals surface area contributed by atoms with Crippen molar-refractivity contribution in [3.05, 3.63) is 23.0 Å². The lowest BCUT2D eigenvalue weighted by atomic mass is 10.2. The normalized spacial score (nSPS) is 11.8. The Kier molecular flexibility index (Phi) is 5.86. The van der Waals surface area contributed by atoms with Crippen LogP contribution in [0.25, 0.3) is 0 Å². The van der Waals surface area contributed by atoms with Gasteiger partial charge in [0.05, 0.1) is 5.02 Å². The van der Waals surface area contributed by atoms with Crippen molar-refractivity contribution in [2.45, 2.75) is 13.0 Å². The van der Waals surface area contributed by atoms with Crippen molar-refractivity contribution in [2.24, 2.45) is 12.8 Å².